The zero-order valence-electron chi connectivity index (χ0n) is 12.1. The van der Waals surface area contributed by atoms with Crippen molar-refractivity contribution in [2.45, 2.75) is 34.1 Å². The van der Waals surface area contributed by atoms with E-state index in [2.05, 4.69) is 4.74 Å². The Kier molecular flexibility index (Phi) is 9.14. The van der Waals surface area contributed by atoms with Gasteiger partial charge in [-0.2, -0.15) is 0 Å². The fourth-order valence-electron chi connectivity index (χ4n) is 1.40. The molecule has 0 bridgehead atoms. The molecule has 106 valence electrons. The van der Waals surface area contributed by atoms with Crippen LogP contribution in [-0.4, -0.2) is 25.2 Å². The Hall–Kier alpha value is -1.84. The van der Waals surface area contributed by atoms with Crippen LogP contribution in [0, 0.1) is 6.92 Å². The van der Waals surface area contributed by atoms with Crippen LogP contribution < -0.4 is 0 Å². The number of carbonyl (C=O) groups excluding carboxylic acids is 2. The lowest BCUT2D eigenvalue weighted by molar-refractivity contribution is -0.142. The highest BCUT2D eigenvalue weighted by atomic mass is 16.5. The highest BCUT2D eigenvalue weighted by Crippen LogP contribution is 2.05. The molecule has 0 aliphatic carbocycles. The van der Waals surface area contributed by atoms with Gasteiger partial charge in [0.15, 0.2) is 0 Å². The van der Waals surface area contributed by atoms with Gasteiger partial charge in [0.2, 0.25) is 0 Å². The van der Waals surface area contributed by atoms with E-state index < -0.39 is 0 Å². The van der Waals surface area contributed by atoms with E-state index in [-0.39, 0.29) is 11.9 Å². The number of carbonyl (C=O) groups is 2. The number of benzene rings is 1. The van der Waals surface area contributed by atoms with Crippen LogP contribution in [0.2, 0.25) is 0 Å². The van der Waals surface area contributed by atoms with Crippen molar-refractivity contribution in [3.63, 3.8) is 0 Å². The normalized spacial score (nSPS) is 9.05. The van der Waals surface area contributed by atoms with Crippen molar-refractivity contribution in [1.29, 1.82) is 0 Å². The Balaban J connectivity index is 0.000000459. The standard InChI is InChI=1S/C11H14O2.C4H8O2/c1-3-13-11(12)8-10-6-4-5-9(2)7-10;1-3-6-4(2)5/h4-7H,3,8H2,1-2H3;3H2,1-2H3. The van der Waals surface area contributed by atoms with Crippen molar-refractivity contribution >= 4 is 11.9 Å². The van der Waals surface area contributed by atoms with Crippen LogP contribution in [-0.2, 0) is 25.5 Å². The van der Waals surface area contributed by atoms with Gasteiger partial charge in [-0.05, 0) is 26.3 Å². The minimum atomic E-state index is -0.211. The summed E-state index contributed by atoms with van der Waals surface area (Å²) in [6.45, 7) is 7.92. The highest BCUT2D eigenvalue weighted by molar-refractivity contribution is 5.72. The van der Waals surface area contributed by atoms with E-state index in [0.29, 0.717) is 19.6 Å². The lowest BCUT2D eigenvalue weighted by atomic mass is 10.1. The quantitative estimate of drug-likeness (QED) is 0.786. The summed E-state index contributed by atoms with van der Waals surface area (Å²) >= 11 is 0. The Bertz CT molecular complexity index is 399. The van der Waals surface area contributed by atoms with Crippen LogP contribution in [0.3, 0.4) is 0 Å². The molecule has 1 rings (SSSR count). The number of aryl methyl sites for hydroxylation is 1. The maximum absolute atomic E-state index is 11.1. The summed E-state index contributed by atoms with van der Waals surface area (Å²) in [7, 11) is 0. The molecule has 0 atom stereocenters. The van der Waals surface area contributed by atoms with Crippen molar-refractivity contribution in [2.75, 3.05) is 13.2 Å². The molecule has 0 radical (unpaired) electrons. The van der Waals surface area contributed by atoms with Crippen LogP contribution in [0.5, 0.6) is 0 Å². The molecule has 0 unspecified atom stereocenters. The van der Waals surface area contributed by atoms with Crippen molar-refractivity contribution in [3.05, 3.63) is 35.4 Å². The van der Waals surface area contributed by atoms with E-state index in [1.807, 2.05) is 38.1 Å². The molecule has 0 aliphatic rings. The van der Waals surface area contributed by atoms with E-state index in [1.165, 1.54) is 12.5 Å². The molecule has 0 saturated carbocycles. The lowest BCUT2D eigenvalue weighted by Gasteiger charge is -2.02. The molecule has 0 heterocycles. The topological polar surface area (TPSA) is 52.6 Å². The average molecular weight is 266 g/mol. The largest absolute Gasteiger partial charge is 0.466 e. The lowest BCUT2D eigenvalue weighted by Crippen LogP contribution is -2.07. The van der Waals surface area contributed by atoms with Gasteiger partial charge in [-0.15, -0.1) is 0 Å². The van der Waals surface area contributed by atoms with Gasteiger partial charge in [0.25, 0.3) is 0 Å². The van der Waals surface area contributed by atoms with Gasteiger partial charge in [-0.3, -0.25) is 9.59 Å². The van der Waals surface area contributed by atoms with Crippen LogP contribution in [0.4, 0.5) is 0 Å². The first-order chi connectivity index (χ1) is 8.99. The molecule has 1 aromatic rings. The van der Waals surface area contributed by atoms with Crippen LogP contribution >= 0.6 is 0 Å². The van der Waals surface area contributed by atoms with Gasteiger partial charge in [0.1, 0.15) is 0 Å². The Labute approximate surface area is 114 Å². The van der Waals surface area contributed by atoms with Crippen molar-refractivity contribution in [1.82, 2.24) is 0 Å². The van der Waals surface area contributed by atoms with Crippen molar-refractivity contribution < 1.29 is 19.1 Å². The second-order valence-corrected chi connectivity index (χ2v) is 3.90. The molecule has 0 N–H and O–H groups in total. The third-order valence-electron chi connectivity index (χ3n) is 2.08. The predicted molar refractivity (Wildman–Crippen MR) is 73.8 cm³/mol. The predicted octanol–water partition coefficient (Wildman–Crippen LogP) is 2.67. The summed E-state index contributed by atoms with van der Waals surface area (Å²) in [5.74, 6) is -0.370. The number of ether oxygens (including phenoxy) is 2. The molecule has 0 amide bonds. The number of esters is 2. The molecule has 0 fully saturated rings. The third kappa shape index (κ3) is 9.83. The molecule has 4 nitrogen and oxygen atoms in total. The molecule has 0 aliphatic heterocycles. The molecule has 19 heavy (non-hydrogen) atoms. The van der Waals surface area contributed by atoms with E-state index in [0.717, 1.165) is 5.56 Å². The molecule has 0 saturated heterocycles. The maximum atomic E-state index is 11.1. The third-order valence-corrected chi connectivity index (χ3v) is 2.08. The second kappa shape index (κ2) is 10.1. The first-order valence-corrected chi connectivity index (χ1v) is 6.34. The molecule has 0 aromatic heterocycles. The second-order valence-electron chi connectivity index (χ2n) is 3.90. The summed E-state index contributed by atoms with van der Waals surface area (Å²) in [4.78, 5) is 20.9. The molecule has 0 spiro atoms. The fourth-order valence-corrected chi connectivity index (χ4v) is 1.40. The van der Waals surface area contributed by atoms with Gasteiger partial charge in [0, 0.05) is 6.92 Å². The summed E-state index contributed by atoms with van der Waals surface area (Å²) < 4.78 is 9.25. The van der Waals surface area contributed by atoms with Crippen molar-refractivity contribution in [2.24, 2.45) is 0 Å². The Morgan fingerprint density at radius 2 is 1.74 bits per heavy atom. The minimum absolute atomic E-state index is 0.159. The maximum Gasteiger partial charge on any atom is 0.310 e. The Morgan fingerprint density at radius 3 is 2.16 bits per heavy atom. The van der Waals surface area contributed by atoms with Gasteiger partial charge in [-0.25, -0.2) is 0 Å². The van der Waals surface area contributed by atoms with Gasteiger partial charge >= 0.3 is 11.9 Å². The van der Waals surface area contributed by atoms with Gasteiger partial charge in [-0.1, -0.05) is 29.8 Å². The smallest absolute Gasteiger partial charge is 0.310 e. The van der Waals surface area contributed by atoms with E-state index >= 15 is 0 Å². The number of rotatable bonds is 4. The Morgan fingerprint density at radius 1 is 1.11 bits per heavy atom. The number of hydrogen-bond acceptors (Lipinski definition) is 4. The van der Waals surface area contributed by atoms with Crippen molar-refractivity contribution in [3.8, 4) is 0 Å². The summed E-state index contributed by atoms with van der Waals surface area (Å²) in [5, 5.41) is 0. The zero-order valence-corrected chi connectivity index (χ0v) is 12.1. The number of hydrogen-bond donors (Lipinski definition) is 0. The molecular formula is C15H22O4. The summed E-state index contributed by atoms with van der Waals surface area (Å²) in [6, 6.07) is 7.89. The zero-order chi connectivity index (χ0) is 14.7. The molecule has 1 aromatic carbocycles. The van der Waals surface area contributed by atoms with E-state index in [4.69, 9.17) is 4.74 Å². The van der Waals surface area contributed by atoms with E-state index in [1.54, 1.807) is 6.92 Å². The minimum Gasteiger partial charge on any atom is -0.466 e. The molecular weight excluding hydrogens is 244 g/mol. The van der Waals surface area contributed by atoms with Gasteiger partial charge < -0.3 is 9.47 Å². The average Bonchev–Trinajstić information content (AvgIpc) is 2.29. The van der Waals surface area contributed by atoms with E-state index in [9.17, 15) is 9.59 Å². The molecule has 4 heteroatoms. The first-order valence-electron chi connectivity index (χ1n) is 6.34. The summed E-state index contributed by atoms with van der Waals surface area (Å²) in [5.41, 5.74) is 2.18. The van der Waals surface area contributed by atoms with Crippen LogP contribution in [0.25, 0.3) is 0 Å². The van der Waals surface area contributed by atoms with Crippen LogP contribution in [0.1, 0.15) is 31.9 Å². The monoisotopic (exact) mass is 266 g/mol. The highest BCUT2D eigenvalue weighted by Gasteiger charge is 2.02. The summed E-state index contributed by atoms with van der Waals surface area (Å²) in [6.07, 6.45) is 0.371. The fraction of sp³-hybridized carbons (Fsp3) is 0.467. The van der Waals surface area contributed by atoms with Crippen LogP contribution in [0.15, 0.2) is 24.3 Å². The first kappa shape index (κ1) is 17.2. The SMILES string of the molecule is CCOC(=O)Cc1cccc(C)c1.CCOC(C)=O. The van der Waals surface area contributed by atoms with Gasteiger partial charge in [0.05, 0.1) is 19.6 Å².